The second-order valence-electron chi connectivity index (χ2n) is 10.9. The quantitative estimate of drug-likeness (QED) is 0.209. The highest BCUT2D eigenvalue weighted by Gasteiger charge is 2.25. The molecule has 42 heavy (non-hydrogen) atoms. The Bertz CT molecular complexity index is 2220. The topological polar surface area (TPSA) is 38.4 Å². The van der Waals surface area contributed by atoms with Crippen molar-refractivity contribution in [1.29, 1.82) is 0 Å². The van der Waals surface area contributed by atoms with Gasteiger partial charge in [0, 0.05) is 46.1 Å². The molecule has 0 unspecified atom stereocenters. The van der Waals surface area contributed by atoms with Crippen LogP contribution in [0.3, 0.4) is 0 Å². The molecule has 6 aromatic rings. The lowest BCUT2D eigenvalue weighted by Gasteiger charge is -2.20. The molecular formula is C39H28N2O. The number of fused-ring (bicyclic) bond motifs is 7. The molecule has 2 heterocycles. The Morgan fingerprint density at radius 3 is 2.64 bits per heavy atom. The van der Waals surface area contributed by atoms with Gasteiger partial charge in [-0.25, -0.2) is 0 Å². The third kappa shape index (κ3) is 3.74. The van der Waals surface area contributed by atoms with Gasteiger partial charge < -0.3 is 4.42 Å². The maximum atomic E-state index is 6.50. The van der Waals surface area contributed by atoms with Gasteiger partial charge in [0.05, 0.1) is 11.2 Å². The van der Waals surface area contributed by atoms with Gasteiger partial charge >= 0.3 is 0 Å². The standard InChI is InChI=1S/C39H28N2O/c1-3-24-13-16-26-8-5-10-30(36(26)39(24)40-4-2)31-11-6-12-35-37(31)33-23-29(19-20-34(33)42-35)28-18-15-25-14-17-27-9-7-21-41-38(27)32(25)22-28/h3-18,21-23H,2,19-20H2,1H3/b24-3-,40-39?. The van der Waals surface area contributed by atoms with Gasteiger partial charge in [0.15, 0.2) is 0 Å². The summed E-state index contributed by atoms with van der Waals surface area (Å²) in [6.07, 6.45) is 14.1. The highest BCUT2D eigenvalue weighted by Crippen LogP contribution is 2.43. The van der Waals surface area contributed by atoms with Crippen molar-refractivity contribution in [3.63, 3.8) is 0 Å². The maximum Gasteiger partial charge on any atom is 0.135 e. The summed E-state index contributed by atoms with van der Waals surface area (Å²) in [6, 6.07) is 28.1. The Morgan fingerprint density at radius 1 is 0.881 bits per heavy atom. The number of hydrogen-bond donors (Lipinski definition) is 0. The van der Waals surface area contributed by atoms with Crippen molar-refractivity contribution >= 4 is 56.1 Å². The molecule has 2 aliphatic rings. The van der Waals surface area contributed by atoms with Crippen molar-refractivity contribution in [2.24, 2.45) is 4.99 Å². The molecule has 0 saturated carbocycles. The van der Waals surface area contributed by atoms with Crippen LogP contribution < -0.4 is 0 Å². The van der Waals surface area contributed by atoms with Gasteiger partial charge in [0.2, 0.25) is 0 Å². The molecule has 0 bridgehead atoms. The zero-order chi connectivity index (χ0) is 28.2. The highest BCUT2D eigenvalue weighted by atomic mass is 16.3. The molecule has 200 valence electrons. The first-order chi connectivity index (χ1) is 20.7. The Kier molecular flexibility index (Phi) is 5.65. The van der Waals surface area contributed by atoms with Crippen LogP contribution in [0.5, 0.6) is 0 Å². The molecule has 0 fully saturated rings. The van der Waals surface area contributed by atoms with Crippen molar-refractivity contribution in [3.05, 3.63) is 144 Å². The van der Waals surface area contributed by atoms with Crippen LogP contribution >= 0.6 is 0 Å². The number of aliphatic imine (C=N–C) groups is 1. The van der Waals surface area contributed by atoms with E-state index in [4.69, 9.17) is 14.4 Å². The summed E-state index contributed by atoms with van der Waals surface area (Å²) < 4.78 is 6.50. The number of hydrogen-bond acceptors (Lipinski definition) is 3. The van der Waals surface area contributed by atoms with E-state index in [2.05, 4.69) is 111 Å². The second-order valence-corrected chi connectivity index (χ2v) is 10.9. The van der Waals surface area contributed by atoms with Crippen LogP contribution in [0.15, 0.2) is 125 Å². The Balaban J connectivity index is 1.33. The van der Waals surface area contributed by atoms with E-state index in [0.29, 0.717) is 0 Å². The van der Waals surface area contributed by atoms with Crippen LogP contribution in [0.4, 0.5) is 0 Å². The van der Waals surface area contributed by atoms with Gasteiger partial charge in [0.1, 0.15) is 11.3 Å². The molecule has 0 amide bonds. The van der Waals surface area contributed by atoms with E-state index in [0.717, 1.165) is 74.0 Å². The van der Waals surface area contributed by atoms with E-state index in [-0.39, 0.29) is 0 Å². The number of aromatic nitrogens is 1. The highest BCUT2D eigenvalue weighted by molar-refractivity contribution is 6.23. The first-order valence-electron chi connectivity index (χ1n) is 14.4. The molecule has 3 nitrogen and oxygen atoms in total. The van der Waals surface area contributed by atoms with Gasteiger partial charge in [-0.15, -0.1) is 0 Å². The minimum atomic E-state index is 0.864. The third-order valence-electron chi connectivity index (χ3n) is 8.60. The molecule has 4 aromatic carbocycles. The number of furan rings is 1. The van der Waals surface area contributed by atoms with E-state index in [1.807, 2.05) is 12.3 Å². The number of benzene rings is 4. The lowest BCUT2D eigenvalue weighted by atomic mass is 9.83. The molecule has 0 spiro atoms. The molecule has 2 aromatic heterocycles. The predicted molar refractivity (Wildman–Crippen MR) is 177 cm³/mol. The molecule has 0 N–H and O–H groups in total. The SMILES string of the molecule is C=CN=C1/C(=C\C)C=Cc2cccc(-c3cccc4oc5c(c34)C=C(c3ccc4ccc6cccnc6c4c3)CC5)c21. The van der Waals surface area contributed by atoms with Gasteiger partial charge in [0.25, 0.3) is 0 Å². The Morgan fingerprint density at radius 2 is 1.74 bits per heavy atom. The molecule has 0 saturated heterocycles. The van der Waals surface area contributed by atoms with Crippen LogP contribution in [0.1, 0.15) is 41.4 Å². The smallest absolute Gasteiger partial charge is 0.135 e. The summed E-state index contributed by atoms with van der Waals surface area (Å²) in [7, 11) is 0. The lowest BCUT2D eigenvalue weighted by Crippen LogP contribution is -2.11. The van der Waals surface area contributed by atoms with E-state index in [1.54, 1.807) is 6.20 Å². The Hall–Kier alpha value is -5.28. The Labute approximate surface area is 244 Å². The number of pyridine rings is 1. The minimum absolute atomic E-state index is 0.864. The van der Waals surface area contributed by atoms with Crippen molar-refractivity contribution in [3.8, 4) is 11.1 Å². The molecule has 3 heteroatoms. The summed E-state index contributed by atoms with van der Waals surface area (Å²) in [6.45, 7) is 5.96. The summed E-state index contributed by atoms with van der Waals surface area (Å²) in [5.74, 6) is 1.05. The van der Waals surface area contributed by atoms with Crippen LogP contribution in [0, 0.1) is 0 Å². The van der Waals surface area contributed by atoms with E-state index >= 15 is 0 Å². The number of allylic oxidation sites excluding steroid dienone is 4. The van der Waals surface area contributed by atoms with Crippen molar-refractivity contribution in [1.82, 2.24) is 4.98 Å². The summed E-state index contributed by atoms with van der Waals surface area (Å²) >= 11 is 0. The fraction of sp³-hybridized carbons (Fsp3) is 0.0769. The summed E-state index contributed by atoms with van der Waals surface area (Å²) in [4.78, 5) is 9.45. The van der Waals surface area contributed by atoms with Crippen molar-refractivity contribution < 1.29 is 4.42 Å². The van der Waals surface area contributed by atoms with Crippen LogP contribution in [0.2, 0.25) is 0 Å². The molecule has 8 rings (SSSR count). The second kappa shape index (κ2) is 9.67. The number of nitrogens with zero attached hydrogens (tertiary/aromatic N) is 2. The monoisotopic (exact) mass is 540 g/mol. The normalized spacial score (nSPS) is 16.3. The third-order valence-corrected chi connectivity index (χ3v) is 8.60. The summed E-state index contributed by atoms with van der Waals surface area (Å²) in [5, 5.41) is 4.71. The minimum Gasteiger partial charge on any atom is -0.460 e. The first kappa shape index (κ1) is 24.5. The average Bonchev–Trinajstić information content (AvgIpc) is 3.42. The average molecular weight is 541 g/mol. The predicted octanol–water partition coefficient (Wildman–Crippen LogP) is 10.2. The molecule has 0 aliphatic heterocycles. The molecule has 0 atom stereocenters. The van der Waals surface area contributed by atoms with Gasteiger partial charge in [-0.05, 0) is 76.4 Å². The lowest BCUT2D eigenvalue weighted by molar-refractivity contribution is 0.548. The van der Waals surface area contributed by atoms with Crippen molar-refractivity contribution in [2.75, 3.05) is 0 Å². The maximum absolute atomic E-state index is 6.50. The first-order valence-corrected chi connectivity index (χ1v) is 14.4. The zero-order valence-corrected chi connectivity index (χ0v) is 23.4. The molecular weight excluding hydrogens is 512 g/mol. The van der Waals surface area contributed by atoms with Gasteiger partial charge in [-0.1, -0.05) is 85.5 Å². The fourth-order valence-corrected chi connectivity index (χ4v) is 6.63. The van der Waals surface area contributed by atoms with Crippen LogP contribution in [0.25, 0.3) is 61.5 Å². The molecule has 0 radical (unpaired) electrons. The van der Waals surface area contributed by atoms with Gasteiger partial charge in [-0.2, -0.15) is 0 Å². The fourth-order valence-electron chi connectivity index (χ4n) is 6.63. The number of rotatable bonds is 3. The van der Waals surface area contributed by atoms with Crippen LogP contribution in [-0.4, -0.2) is 10.7 Å². The van der Waals surface area contributed by atoms with E-state index in [1.165, 1.54) is 27.5 Å². The van der Waals surface area contributed by atoms with E-state index < -0.39 is 0 Å². The van der Waals surface area contributed by atoms with Crippen molar-refractivity contribution in [2.45, 2.75) is 19.8 Å². The number of aryl methyl sites for hydroxylation is 1. The van der Waals surface area contributed by atoms with Gasteiger partial charge in [-0.3, -0.25) is 9.98 Å². The van der Waals surface area contributed by atoms with E-state index in [9.17, 15) is 0 Å². The van der Waals surface area contributed by atoms with Crippen LogP contribution in [-0.2, 0) is 6.42 Å². The largest absolute Gasteiger partial charge is 0.460 e. The molecule has 2 aliphatic carbocycles. The summed E-state index contributed by atoms with van der Waals surface area (Å²) in [5.41, 5.74) is 12.3. The zero-order valence-electron chi connectivity index (χ0n) is 23.4.